The largest absolute Gasteiger partial charge is 0.364 e. The van der Waals surface area contributed by atoms with Crippen LogP contribution in [0.5, 0.6) is 0 Å². The summed E-state index contributed by atoms with van der Waals surface area (Å²) in [5.74, 6) is -0.712. The van der Waals surface area contributed by atoms with Gasteiger partial charge in [0.2, 0.25) is 0 Å². The zero-order chi connectivity index (χ0) is 10.3. The second kappa shape index (κ2) is 3.04. The molecule has 0 spiro atoms. The number of aromatic nitrogens is 2. The molecule has 1 saturated carbocycles. The first kappa shape index (κ1) is 9.11. The molecule has 0 bridgehead atoms. The highest BCUT2D eigenvalue weighted by atomic mass is 19.3. The van der Waals surface area contributed by atoms with E-state index in [0.717, 1.165) is 18.9 Å². The van der Waals surface area contributed by atoms with Crippen molar-refractivity contribution in [1.82, 2.24) is 9.78 Å². The van der Waals surface area contributed by atoms with E-state index in [9.17, 15) is 13.6 Å². The Bertz CT molecular complexity index is 371. The van der Waals surface area contributed by atoms with Gasteiger partial charge < -0.3 is 5.73 Å². The third-order valence-electron chi connectivity index (χ3n) is 2.12. The summed E-state index contributed by atoms with van der Waals surface area (Å²) < 4.78 is 25.9. The zero-order valence-corrected chi connectivity index (χ0v) is 7.28. The molecule has 0 aliphatic heterocycles. The topological polar surface area (TPSA) is 60.9 Å². The van der Waals surface area contributed by atoms with Crippen LogP contribution in [0.2, 0.25) is 0 Å². The molecular formula is C8H9F2N3O. The van der Waals surface area contributed by atoms with E-state index >= 15 is 0 Å². The van der Waals surface area contributed by atoms with Crippen LogP contribution < -0.4 is 5.73 Å². The van der Waals surface area contributed by atoms with Crippen molar-refractivity contribution < 1.29 is 13.6 Å². The van der Waals surface area contributed by atoms with Gasteiger partial charge in [-0.15, -0.1) is 0 Å². The number of halogens is 2. The Morgan fingerprint density at radius 2 is 2.29 bits per heavy atom. The second-order valence-electron chi connectivity index (χ2n) is 3.30. The molecule has 1 aliphatic carbocycles. The van der Waals surface area contributed by atoms with E-state index < -0.39 is 12.3 Å². The summed E-state index contributed by atoms with van der Waals surface area (Å²) in [7, 11) is 0. The monoisotopic (exact) mass is 201 g/mol. The molecule has 1 fully saturated rings. The van der Waals surface area contributed by atoms with Gasteiger partial charge in [-0.1, -0.05) is 0 Å². The Labute approximate surface area is 78.7 Å². The number of amides is 1. The number of carbonyl (C=O) groups excluding carboxylic acids is 1. The summed E-state index contributed by atoms with van der Waals surface area (Å²) in [4.78, 5) is 10.9. The Morgan fingerprint density at radius 3 is 2.71 bits per heavy atom. The van der Waals surface area contributed by atoms with Crippen molar-refractivity contribution >= 4 is 5.91 Å². The molecule has 6 heteroatoms. The maximum absolute atomic E-state index is 12.3. The highest BCUT2D eigenvalue weighted by Crippen LogP contribution is 2.36. The molecule has 0 atom stereocenters. The highest BCUT2D eigenvalue weighted by Gasteiger charge is 2.30. The van der Waals surface area contributed by atoms with E-state index in [1.54, 1.807) is 0 Å². The van der Waals surface area contributed by atoms with Gasteiger partial charge in [0, 0.05) is 0 Å². The van der Waals surface area contributed by atoms with E-state index in [4.69, 9.17) is 5.73 Å². The second-order valence-corrected chi connectivity index (χ2v) is 3.30. The predicted octanol–water partition coefficient (Wildman–Crippen LogP) is 1.25. The predicted molar refractivity (Wildman–Crippen MR) is 44.0 cm³/mol. The Kier molecular flexibility index (Phi) is 1.98. The molecule has 14 heavy (non-hydrogen) atoms. The fourth-order valence-corrected chi connectivity index (χ4v) is 1.30. The summed E-state index contributed by atoms with van der Waals surface area (Å²) in [5, 5.41) is 3.66. The molecule has 0 unspecified atom stereocenters. The lowest BCUT2D eigenvalue weighted by Crippen LogP contribution is -2.16. The summed E-state index contributed by atoms with van der Waals surface area (Å²) in [6, 6.07) is 1.13. The minimum Gasteiger partial charge on any atom is -0.364 e. The molecule has 0 aromatic carbocycles. The lowest BCUT2D eigenvalue weighted by atomic mass is 10.3. The lowest BCUT2D eigenvalue weighted by Gasteiger charge is -2.00. The fourth-order valence-electron chi connectivity index (χ4n) is 1.30. The van der Waals surface area contributed by atoms with E-state index in [1.807, 2.05) is 0 Å². The number of primary amides is 1. The van der Waals surface area contributed by atoms with Gasteiger partial charge in [-0.25, -0.2) is 8.78 Å². The van der Waals surface area contributed by atoms with Crippen molar-refractivity contribution in [1.29, 1.82) is 0 Å². The van der Waals surface area contributed by atoms with Crippen molar-refractivity contribution in [3.63, 3.8) is 0 Å². The molecule has 2 rings (SSSR count). The number of carbonyl (C=O) groups is 1. The molecule has 76 valence electrons. The van der Waals surface area contributed by atoms with E-state index in [2.05, 4.69) is 5.10 Å². The standard InChI is InChI=1S/C8H9F2N3O/c9-7(10)5-3-6(8(11)14)13(12-5)4-1-2-4/h3-4,7H,1-2H2,(H2,11,14). The van der Waals surface area contributed by atoms with Crippen LogP contribution in [0.15, 0.2) is 6.07 Å². The highest BCUT2D eigenvalue weighted by molar-refractivity contribution is 5.91. The van der Waals surface area contributed by atoms with Gasteiger partial charge in [0.05, 0.1) is 6.04 Å². The normalized spacial score (nSPS) is 16.2. The van der Waals surface area contributed by atoms with E-state index in [-0.39, 0.29) is 17.4 Å². The van der Waals surface area contributed by atoms with Gasteiger partial charge in [0.15, 0.2) is 0 Å². The smallest absolute Gasteiger partial charge is 0.282 e. The lowest BCUT2D eigenvalue weighted by molar-refractivity contribution is 0.0989. The number of alkyl halides is 2. The first-order chi connectivity index (χ1) is 6.59. The Morgan fingerprint density at radius 1 is 1.64 bits per heavy atom. The van der Waals surface area contributed by atoms with Gasteiger partial charge in [0.1, 0.15) is 11.4 Å². The molecule has 0 saturated heterocycles. The van der Waals surface area contributed by atoms with Crippen LogP contribution >= 0.6 is 0 Å². The van der Waals surface area contributed by atoms with E-state index in [1.165, 1.54) is 4.68 Å². The minimum atomic E-state index is -2.66. The third kappa shape index (κ3) is 1.47. The summed E-state index contributed by atoms with van der Waals surface area (Å²) in [5.41, 5.74) is 4.74. The van der Waals surface area contributed by atoms with Gasteiger partial charge >= 0.3 is 0 Å². The number of nitrogens with zero attached hydrogens (tertiary/aromatic N) is 2. The van der Waals surface area contributed by atoms with Crippen LogP contribution in [0.4, 0.5) is 8.78 Å². The molecule has 4 nitrogen and oxygen atoms in total. The van der Waals surface area contributed by atoms with Crippen molar-refractivity contribution in [2.75, 3.05) is 0 Å². The van der Waals surface area contributed by atoms with Crippen LogP contribution in [0.3, 0.4) is 0 Å². The van der Waals surface area contributed by atoms with Gasteiger partial charge in [0.25, 0.3) is 12.3 Å². The van der Waals surface area contributed by atoms with Crippen LogP contribution in [-0.2, 0) is 0 Å². The number of rotatable bonds is 3. The summed E-state index contributed by atoms with van der Waals surface area (Å²) in [6.45, 7) is 0. The van der Waals surface area contributed by atoms with Gasteiger partial charge in [-0.3, -0.25) is 9.48 Å². The van der Waals surface area contributed by atoms with Crippen molar-refractivity contribution in [2.24, 2.45) is 5.73 Å². The van der Waals surface area contributed by atoms with Crippen LogP contribution in [-0.4, -0.2) is 15.7 Å². The molecule has 1 heterocycles. The van der Waals surface area contributed by atoms with Crippen molar-refractivity contribution in [2.45, 2.75) is 25.3 Å². The summed E-state index contributed by atoms with van der Waals surface area (Å²) in [6.07, 6.45) is -0.928. The van der Waals surface area contributed by atoms with Gasteiger partial charge in [-0.2, -0.15) is 5.10 Å². The molecule has 1 aliphatic rings. The first-order valence-corrected chi connectivity index (χ1v) is 4.27. The van der Waals surface area contributed by atoms with Crippen molar-refractivity contribution in [3.05, 3.63) is 17.5 Å². The van der Waals surface area contributed by atoms with E-state index in [0.29, 0.717) is 0 Å². The SMILES string of the molecule is NC(=O)c1cc(C(F)F)nn1C1CC1. The maximum atomic E-state index is 12.3. The molecule has 1 amide bonds. The maximum Gasteiger partial charge on any atom is 0.282 e. The molecule has 1 aromatic heterocycles. The van der Waals surface area contributed by atoms with Gasteiger partial charge in [-0.05, 0) is 18.9 Å². The molecule has 2 N–H and O–H groups in total. The Hall–Kier alpha value is -1.46. The average Bonchev–Trinajstić information content (AvgIpc) is 2.83. The number of nitrogens with two attached hydrogens (primary N) is 1. The molecule has 1 aromatic rings. The number of hydrogen-bond donors (Lipinski definition) is 1. The zero-order valence-electron chi connectivity index (χ0n) is 7.28. The van der Waals surface area contributed by atoms with Crippen LogP contribution in [0.1, 0.15) is 41.5 Å². The molecule has 0 radical (unpaired) electrons. The van der Waals surface area contributed by atoms with Crippen LogP contribution in [0, 0.1) is 0 Å². The number of hydrogen-bond acceptors (Lipinski definition) is 2. The summed E-state index contributed by atoms with van der Waals surface area (Å²) >= 11 is 0. The minimum absolute atomic E-state index is 0.0720. The quantitative estimate of drug-likeness (QED) is 0.800. The van der Waals surface area contributed by atoms with Crippen molar-refractivity contribution in [3.8, 4) is 0 Å². The first-order valence-electron chi connectivity index (χ1n) is 4.27. The fraction of sp³-hybridized carbons (Fsp3) is 0.500. The molecular weight excluding hydrogens is 192 g/mol. The Balaban J connectivity index is 2.40. The third-order valence-corrected chi connectivity index (χ3v) is 2.12. The van der Waals surface area contributed by atoms with Crippen LogP contribution in [0.25, 0.3) is 0 Å². The average molecular weight is 201 g/mol.